The Bertz CT molecular complexity index is 1090. The van der Waals surface area contributed by atoms with Gasteiger partial charge in [-0.05, 0) is 23.3 Å². The Labute approximate surface area is 162 Å². The van der Waals surface area contributed by atoms with E-state index >= 15 is 0 Å². The molecule has 1 aromatic heterocycles. The molecule has 4 rings (SSSR count). The highest BCUT2D eigenvalue weighted by molar-refractivity contribution is 5.63. The molecule has 1 heterocycles. The van der Waals surface area contributed by atoms with Gasteiger partial charge >= 0.3 is 0 Å². The third-order valence-electron chi connectivity index (χ3n) is 4.75. The van der Waals surface area contributed by atoms with Gasteiger partial charge in [0, 0.05) is 0 Å². The first-order chi connectivity index (χ1) is 13.7. The average Bonchev–Trinajstić information content (AvgIpc) is 3.11. The van der Waals surface area contributed by atoms with Gasteiger partial charge in [-0.2, -0.15) is 10.4 Å². The number of nitriles is 1. The molecule has 0 saturated heterocycles. The number of benzene rings is 3. The standard InChI is InChI=1S/C23H18N4O/c24-16-20-21(25)22(26-27(20)19-14-8-3-9-15-19)23(28,17-10-4-1-5-11-17)18-12-6-2-7-13-18/h1-15,28H,25H2. The summed E-state index contributed by atoms with van der Waals surface area (Å²) in [6.45, 7) is 0. The molecule has 5 nitrogen and oxygen atoms in total. The van der Waals surface area contributed by atoms with Crippen LogP contribution < -0.4 is 5.73 Å². The molecular formula is C23H18N4O. The van der Waals surface area contributed by atoms with Gasteiger partial charge in [0.1, 0.15) is 11.8 Å². The molecule has 0 saturated carbocycles. The molecule has 5 heteroatoms. The maximum Gasteiger partial charge on any atom is 0.167 e. The maximum absolute atomic E-state index is 11.9. The van der Waals surface area contributed by atoms with Gasteiger partial charge in [0.15, 0.2) is 11.3 Å². The Kier molecular flexibility index (Phi) is 4.40. The van der Waals surface area contributed by atoms with Crippen molar-refractivity contribution in [2.45, 2.75) is 5.60 Å². The lowest BCUT2D eigenvalue weighted by molar-refractivity contribution is 0.121. The number of nitrogens with zero attached hydrogens (tertiary/aromatic N) is 3. The van der Waals surface area contributed by atoms with Gasteiger partial charge in [-0.1, -0.05) is 78.9 Å². The van der Waals surface area contributed by atoms with Crippen molar-refractivity contribution in [1.29, 1.82) is 5.26 Å². The first-order valence-corrected chi connectivity index (χ1v) is 8.84. The first-order valence-electron chi connectivity index (χ1n) is 8.84. The Balaban J connectivity index is 2.02. The van der Waals surface area contributed by atoms with Crippen molar-refractivity contribution in [2.24, 2.45) is 0 Å². The van der Waals surface area contributed by atoms with Crippen LogP contribution in [0.25, 0.3) is 5.69 Å². The Morgan fingerprint density at radius 2 is 1.29 bits per heavy atom. The highest BCUT2D eigenvalue weighted by Gasteiger charge is 2.39. The van der Waals surface area contributed by atoms with Gasteiger partial charge in [0.05, 0.1) is 11.4 Å². The largest absolute Gasteiger partial charge is 0.395 e. The van der Waals surface area contributed by atoms with E-state index in [-0.39, 0.29) is 17.1 Å². The first kappa shape index (κ1) is 17.5. The highest BCUT2D eigenvalue weighted by atomic mass is 16.3. The molecule has 0 bridgehead atoms. The molecule has 3 aromatic carbocycles. The summed E-state index contributed by atoms with van der Waals surface area (Å²) >= 11 is 0. The fourth-order valence-electron chi connectivity index (χ4n) is 3.36. The number of rotatable bonds is 4. The molecule has 28 heavy (non-hydrogen) atoms. The molecule has 0 fully saturated rings. The Hall–Kier alpha value is -3.88. The maximum atomic E-state index is 11.9. The molecule has 0 amide bonds. The summed E-state index contributed by atoms with van der Waals surface area (Å²) in [4.78, 5) is 0. The van der Waals surface area contributed by atoms with Crippen LogP contribution in [-0.4, -0.2) is 14.9 Å². The summed E-state index contributed by atoms with van der Waals surface area (Å²) in [5.41, 5.74) is 7.25. The fourth-order valence-corrected chi connectivity index (χ4v) is 3.36. The Morgan fingerprint density at radius 3 is 1.75 bits per heavy atom. The van der Waals surface area contributed by atoms with E-state index in [0.29, 0.717) is 16.8 Å². The summed E-state index contributed by atoms with van der Waals surface area (Å²) in [7, 11) is 0. The second kappa shape index (κ2) is 7.03. The van der Waals surface area contributed by atoms with Gasteiger partial charge in [0.2, 0.25) is 0 Å². The zero-order chi connectivity index (χ0) is 19.6. The van der Waals surface area contributed by atoms with E-state index in [2.05, 4.69) is 11.2 Å². The number of aliphatic hydroxyl groups is 1. The van der Waals surface area contributed by atoms with E-state index in [1.54, 1.807) is 0 Å². The van der Waals surface area contributed by atoms with Gasteiger partial charge in [-0.25, -0.2) is 4.68 Å². The smallest absolute Gasteiger partial charge is 0.167 e. The molecule has 0 unspecified atom stereocenters. The molecule has 4 aromatic rings. The zero-order valence-electron chi connectivity index (χ0n) is 15.0. The van der Waals surface area contributed by atoms with Crippen molar-refractivity contribution in [3.8, 4) is 11.8 Å². The van der Waals surface area contributed by atoms with E-state index < -0.39 is 5.60 Å². The third-order valence-corrected chi connectivity index (χ3v) is 4.75. The molecule has 0 aliphatic heterocycles. The second-order valence-corrected chi connectivity index (χ2v) is 6.41. The number of anilines is 1. The summed E-state index contributed by atoms with van der Waals surface area (Å²) < 4.78 is 1.47. The second-order valence-electron chi connectivity index (χ2n) is 6.41. The topological polar surface area (TPSA) is 87.9 Å². The molecule has 0 spiro atoms. The van der Waals surface area contributed by atoms with Crippen LogP contribution in [0.4, 0.5) is 5.69 Å². The number of hydrogen-bond acceptors (Lipinski definition) is 4. The van der Waals surface area contributed by atoms with Crippen molar-refractivity contribution in [2.75, 3.05) is 5.73 Å². The van der Waals surface area contributed by atoms with Crippen molar-refractivity contribution < 1.29 is 5.11 Å². The minimum atomic E-state index is -1.60. The van der Waals surface area contributed by atoms with Crippen LogP contribution >= 0.6 is 0 Å². The summed E-state index contributed by atoms with van der Waals surface area (Å²) in [6, 6.07) is 29.8. The van der Waals surface area contributed by atoms with Gasteiger partial charge in [0.25, 0.3) is 0 Å². The SMILES string of the molecule is N#Cc1c(N)c(C(O)(c2ccccc2)c2ccccc2)nn1-c1ccccc1. The molecule has 0 aliphatic rings. The predicted octanol–water partition coefficient (Wildman–Crippen LogP) is 3.61. The van der Waals surface area contributed by atoms with Crippen molar-refractivity contribution in [1.82, 2.24) is 9.78 Å². The van der Waals surface area contributed by atoms with E-state index in [0.717, 1.165) is 0 Å². The molecule has 0 aliphatic carbocycles. The quantitative estimate of drug-likeness (QED) is 0.577. The molecular weight excluding hydrogens is 348 g/mol. The fraction of sp³-hybridized carbons (Fsp3) is 0.0435. The van der Waals surface area contributed by atoms with Gasteiger partial charge in [-0.3, -0.25) is 0 Å². The lowest BCUT2D eigenvalue weighted by Gasteiger charge is -2.28. The van der Waals surface area contributed by atoms with Crippen LogP contribution in [-0.2, 0) is 5.60 Å². The third kappa shape index (κ3) is 2.73. The number of nitrogen functional groups attached to an aromatic ring is 1. The zero-order valence-corrected chi connectivity index (χ0v) is 15.0. The number of nitrogens with two attached hydrogens (primary N) is 1. The Morgan fingerprint density at radius 1 is 0.821 bits per heavy atom. The van der Waals surface area contributed by atoms with E-state index in [4.69, 9.17) is 5.73 Å². The van der Waals surface area contributed by atoms with Gasteiger partial charge in [-0.15, -0.1) is 0 Å². The summed E-state index contributed by atoms with van der Waals surface area (Å²) in [5, 5.41) is 26.2. The van der Waals surface area contributed by atoms with Gasteiger partial charge < -0.3 is 10.8 Å². The monoisotopic (exact) mass is 366 g/mol. The molecule has 0 atom stereocenters. The molecule has 0 radical (unpaired) electrons. The predicted molar refractivity (Wildman–Crippen MR) is 108 cm³/mol. The molecule has 3 N–H and O–H groups in total. The van der Waals surface area contributed by atoms with E-state index in [1.165, 1.54) is 4.68 Å². The van der Waals surface area contributed by atoms with Crippen LogP contribution in [0.15, 0.2) is 91.0 Å². The number of para-hydroxylation sites is 1. The minimum Gasteiger partial charge on any atom is -0.395 e. The lowest BCUT2D eigenvalue weighted by Crippen LogP contribution is -2.30. The van der Waals surface area contributed by atoms with Crippen molar-refractivity contribution in [3.63, 3.8) is 0 Å². The van der Waals surface area contributed by atoms with Crippen LogP contribution in [0.3, 0.4) is 0 Å². The lowest BCUT2D eigenvalue weighted by atomic mass is 9.83. The highest BCUT2D eigenvalue weighted by Crippen LogP contribution is 2.40. The normalized spacial score (nSPS) is 11.1. The van der Waals surface area contributed by atoms with E-state index in [9.17, 15) is 10.4 Å². The summed E-state index contributed by atoms with van der Waals surface area (Å²) in [5.74, 6) is 0. The van der Waals surface area contributed by atoms with Crippen molar-refractivity contribution >= 4 is 5.69 Å². The van der Waals surface area contributed by atoms with Crippen LogP contribution in [0, 0.1) is 11.3 Å². The average molecular weight is 366 g/mol. The van der Waals surface area contributed by atoms with Crippen LogP contribution in [0.5, 0.6) is 0 Å². The number of aromatic nitrogens is 2. The van der Waals surface area contributed by atoms with E-state index in [1.807, 2.05) is 91.0 Å². The summed E-state index contributed by atoms with van der Waals surface area (Å²) in [6.07, 6.45) is 0. The van der Waals surface area contributed by atoms with Crippen LogP contribution in [0.2, 0.25) is 0 Å². The van der Waals surface area contributed by atoms with Crippen LogP contribution in [0.1, 0.15) is 22.5 Å². The number of hydrogen-bond donors (Lipinski definition) is 2. The molecule has 136 valence electrons. The minimum absolute atomic E-state index is 0.154. The van der Waals surface area contributed by atoms with Crippen molar-refractivity contribution in [3.05, 3.63) is 114 Å².